The van der Waals surface area contributed by atoms with Crippen molar-refractivity contribution in [2.45, 2.75) is 25.7 Å². The molecule has 0 amide bonds. The Labute approximate surface area is 132 Å². The average molecular weight is 306 g/mol. The largest absolute Gasteiger partial charge is 0.355 e. The zero-order valence-corrected chi connectivity index (χ0v) is 13.5. The third-order valence-corrected chi connectivity index (χ3v) is 3.42. The summed E-state index contributed by atoms with van der Waals surface area (Å²) in [4.78, 5) is 8.91. The van der Waals surface area contributed by atoms with Crippen molar-refractivity contribution in [2.75, 3.05) is 40.3 Å². The van der Waals surface area contributed by atoms with Crippen molar-refractivity contribution in [1.82, 2.24) is 20.7 Å². The quantitative estimate of drug-likeness (QED) is 0.580. The Morgan fingerprint density at radius 3 is 1.73 bits per heavy atom. The summed E-state index contributed by atoms with van der Waals surface area (Å²) in [5, 5.41) is 18.6. The maximum absolute atomic E-state index is 4.45. The summed E-state index contributed by atoms with van der Waals surface area (Å²) in [7, 11) is 3.75. The van der Waals surface area contributed by atoms with Crippen LogP contribution in [0.1, 0.15) is 25.7 Å². The van der Waals surface area contributed by atoms with E-state index in [1.54, 1.807) is 22.4 Å². The Balaban J connectivity index is 1.82. The zero-order valence-electron chi connectivity index (χ0n) is 13.5. The fourth-order valence-electron chi connectivity index (χ4n) is 2.16. The van der Waals surface area contributed by atoms with Gasteiger partial charge >= 0.3 is 0 Å². The van der Waals surface area contributed by atoms with Gasteiger partial charge in [0.05, 0.1) is 12.4 Å². The lowest BCUT2D eigenvalue weighted by Gasteiger charge is -2.16. The van der Waals surface area contributed by atoms with Gasteiger partial charge in [-0.15, -0.1) is 0 Å². The van der Waals surface area contributed by atoms with E-state index in [9.17, 15) is 0 Å². The fraction of sp³-hybridized carbons (Fsp3) is 0.714. The van der Waals surface area contributed by atoms with Gasteiger partial charge < -0.3 is 10.6 Å². The minimum Gasteiger partial charge on any atom is -0.355 e. The summed E-state index contributed by atoms with van der Waals surface area (Å²) in [6, 6.07) is 0. The Bertz CT molecular complexity index is 412. The van der Waals surface area contributed by atoms with E-state index in [1.807, 2.05) is 14.1 Å². The van der Waals surface area contributed by atoms with Gasteiger partial charge in [0.15, 0.2) is 0 Å². The fourth-order valence-corrected chi connectivity index (χ4v) is 2.16. The molecule has 2 heterocycles. The van der Waals surface area contributed by atoms with E-state index in [0.29, 0.717) is 0 Å². The lowest BCUT2D eigenvalue weighted by Crippen LogP contribution is -2.36. The molecule has 2 aliphatic rings. The summed E-state index contributed by atoms with van der Waals surface area (Å²) in [6.07, 6.45) is 7.84. The number of hydrogen-bond acceptors (Lipinski definition) is 8. The van der Waals surface area contributed by atoms with E-state index >= 15 is 0 Å². The highest BCUT2D eigenvalue weighted by molar-refractivity contribution is 6.16. The lowest BCUT2D eigenvalue weighted by atomic mass is 10.3. The van der Waals surface area contributed by atoms with Crippen molar-refractivity contribution >= 4 is 24.3 Å². The predicted octanol–water partition coefficient (Wildman–Crippen LogP) is 0.300. The first-order valence-electron chi connectivity index (χ1n) is 7.88. The van der Waals surface area contributed by atoms with Crippen molar-refractivity contribution in [3.63, 3.8) is 0 Å². The summed E-state index contributed by atoms with van der Waals surface area (Å²) in [5.74, 6) is 1.62. The number of hydrogen-bond donors (Lipinski definition) is 2. The molecular weight excluding hydrogens is 280 g/mol. The Morgan fingerprint density at radius 1 is 0.818 bits per heavy atom. The summed E-state index contributed by atoms with van der Waals surface area (Å²) in [6.45, 7) is 3.59. The van der Waals surface area contributed by atoms with Crippen LogP contribution in [0.5, 0.6) is 0 Å². The van der Waals surface area contributed by atoms with Gasteiger partial charge in [-0.2, -0.15) is 10.2 Å². The number of guanidine groups is 2. The molecule has 2 N–H and O–H groups in total. The minimum atomic E-state index is 0.810. The van der Waals surface area contributed by atoms with Gasteiger partial charge in [-0.25, -0.2) is 10.0 Å². The van der Waals surface area contributed by atoms with Gasteiger partial charge in [0.2, 0.25) is 11.9 Å². The second-order valence-electron chi connectivity index (χ2n) is 5.25. The maximum Gasteiger partial charge on any atom is 0.214 e. The first kappa shape index (κ1) is 16.3. The van der Waals surface area contributed by atoms with Crippen molar-refractivity contribution < 1.29 is 0 Å². The monoisotopic (exact) mass is 306 g/mol. The van der Waals surface area contributed by atoms with E-state index in [4.69, 9.17) is 0 Å². The van der Waals surface area contributed by atoms with E-state index in [0.717, 1.165) is 63.8 Å². The molecule has 0 saturated carbocycles. The number of hydrazone groups is 2. The van der Waals surface area contributed by atoms with Gasteiger partial charge in [-0.3, -0.25) is 9.98 Å². The van der Waals surface area contributed by atoms with E-state index in [1.165, 1.54) is 0 Å². The predicted molar refractivity (Wildman–Crippen MR) is 91.6 cm³/mol. The molecular formula is C14H26N8. The van der Waals surface area contributed by atoms with Crippen LogP contribution in [0.4, 0.5) is 0 Å². The maximum atomic E-state index is 4.45. The standard InChI is InChI=1S/C14H26N8/c1-21(13-15-7-3-4-8-16-13)19-11-12-20-22(2)14-17-9-5-6-10-18-14/h11-12H,3-10H2,1-2H3,(H,15,16)(H,17,18)/b19-11-,20-12+. The Hall–Kier alpha value is -2.12. The third kappa shape index (κ3) is 5.34. The van der Waals surface area contributed by atoms with Crippen molar-refractivity contribution in [3.8, 4) is 0 Å². The molecule has 0 radical (unpaired) electrons. The number of nitrogens with zero attached hydrogens (tertiary/aromatic N) is 6. The molecule has 2 aliphatic heterocycles. The molecule has 122 valence electrons. The highest BCUT2D eigenvalue weighted by Crippen LogP contribution is 1.98. The van der Waals surface area contributed by atoms with Gasteiger partial charge in [-0.1, -0.05) is 0 Å². The molecule has 0 aliphatic carbocycles. The number of rotatable bonds is 3. The van der Waals surface area contributed by atoms with Gasteiger partial charge in [0.1, 0.15) is 0 Å². The topological polar surface area (TPSA) is 80.0 Å². The first-order valence-corrected chi connectivity index (χ1v) is 7.88. The molecule has 0 aromatic carbocycles. The van der Waals surface area contributed by atoms with Crippen LogP contribution in [-0.4, -0.2) is 74.6 Å². The molecule has 0 atom stereocenters. The van der Waals surface area contributed by atoms with Crippen molar-refractivity contribution in [1.29, 1.82) is 0 Å². The molecule has 0 fully saturated rings. The molecule has 8 nitrogen and oxygen atoms in total. The average Bonchev–Trinajstić information content (AvgIpc) is 2.95. The molecule has 0 bridgehead atoms. The Kier molecular flexibility index (Phi) is 6.66. The van der Waals surface area contributed by atoms with Crippen LogP contribution in [0.25, 0.3) is 0 Å². The first-order chi connectivity index (χ1) is 10.8. The number of aliphatic imine (C=N–C) groups is 2. The van der Waals surface area contributed by atoms with E-state index < -0.39 is 0 Å². The summed E-state index contributed by atoms with van der Waals surface area (Å²) in [5.41, 5.74) is 0. The van der Waals surface area contributed by atoms with E-state index in [2.05, 4.69) is 30.8 Å². The van der Waals surface area contributed by atoms with Crippen molar-refractivity contribution in [3.05, 3.63) is 0 Å². The molecule has 0 saturated heterocycles. The van der Waals surface area contributed by atoms with Crippen LogP contribution in [0.15, 0.2) is 20.2 Å². The summed E-state index contributed by atoms with van der Waals surface area (Å²) < 4.78 is 0. The molecule has 0 spiro atoms. The minimum absolute atomic E-state index is 0.810. The van der Waals surface area contributed by atoms with Crippen LogP contribution in [0.3, 0.4) is 0 Å². The number of nitrogens with one attached hydrogen (secondary N) is 2. The van der Waals surface area contributed by atoms with Crippen LogP contribution >= 0.6 is 0 Å². The second-order valence-corrected chi connectivity index (χ2v) is 5.25. The smallest absolute Gasteiger partial charge is 0.214 e. The van der Waals surface area contributed by atoms with Crippen LogP contribution in [0, 0.1) is 0 Å². The van der Waals surface area contributed by atoms with Gasteiger partial charge in [0.25, 0.3) is 0 Å². The van der Waals surface area contributed by atoms with Gasteiger partial charge in [-0.05, 0) is 25.7 Å². The van der Waals surface area contributed by atoms with E-state index in [-0.39, 0.29) is 0 Å². The van der Waals surface area contributed by atoms with Crippen LogP contribution in [0.2, 0.25) is 0 Å². The third-order valence-electron chi connectivity index (χ3n) is 3.42. The second kappa shape index (κ2) is 9.01. The zero-order chi connectivity index (χ0) is 15.6. The Morgan fingerprint density at radius 2 is 1.27 bits per heavy atom. The molecule has 8 heteroatoms. The highest BCUT2D eigenvalue weighted by atomic mass is 15.5. The SMILES string of the molecule is CN(/N=C\C=N\N(C)C1=NCCCCN1)C1=NCCCCN1. The lowest BCUT2D eigenvalue weighted by molar-refractivity contribution is 0.517. The molecule has 0 unspecified atom stereocenters. The molecule has 22 heavy (non-hydrogen) atoms. The molecule has 0 aromatic heterocycles. The van der Waals surface area contributed by atoms with Crippen LogP contribution < -0.4 is 10.6 Å². The summed E-state index contributed by atoms with van der Waals surface area (Å²) >= 11 is 0. The molecule has 0 aromatic rings. The van der Waals surface area contributed by atoms with Gasteiger partial charge in [0, 0.05) is 40.3 Å². The normalized spacial score (nSPS) is 19.7. The highest BCUT2D eigenvalue weighted by Gasteiger charge is 2.07. The van der Waals surface area contributed by atoms with Crippen molar-refractivity contribution in [2.24, 2.45) is 20.2 Å². The van der Waals surface area contributed by atoms with Crippen LogP contribution in [-0.2, 0) is 0 Å². The molecule has 2 rings (SSSR count).